The molecule has 37 heavy (non-hydrogen) atoms. The monoisotopic (exact) mass is 496 g/mol. The number of fused-ring (bicyclic) bond motifs is 6. The van der Waals surface area contributed by atoms with E-state index in [4.69, 9.17) is 13.9 Å². The Morgan fingerprint density at radius 1 is 1.00 bits per heavy atom. The van der Waals surface area contributed by atoms with Crippen molar-refractivity contribution >= 4 is 44.5 Å². The predicted molar refractivity (Wildman–Crippen MR) is 139 cm³/mol. The normalized spacial score (nSPS) is 15.2. The first-order valence-corrected chi connectivity index (χ1v) is 12.0. The van der Waals surface area contributed by atoms with Crippen molar-refractivity contribution in [3.05, 3.63) is 87.9 Å². The highest BCUT2D eigenvalue weighted by molar-refractivity contribution is 6.05. The molecule has 1 atom stereocenters. The fourth-order valence-corrected chi connectivity index (χ4v) is 5.26. The van der Waals surface area contributed by atoms with Crippen molar-refractivity contribution in [3.63, 3.8) is 0 Å². The average Bonchev–Trinajstić information content (AvgIpc) is 3.29. The highest BCUT2D eigenvalue weighted by atomic mass is 16.5. The summed E-state index contributed by atoms with van der Waals surface area (Å²) in [5.41, 5.74) is 3.48. The number of amides is 1. The smallest absolute Gasteiger partial charge is 0.344 e. The van der Waals surface area contributed by atoms with Gasteiger partial charge in [-0.2, -0.15) is 0 Å². The molecule has 1 N–H and O–H groups in total. The number of methoxy groups -OCH3 is 1. The largest absolute Gasteiger partial charge is 0.483 e. The first-order valence-electron chi connectivity index (χ1n) is 12.0. The molecule has 3 aromatic carbocycles. The second-order valence-corrected chi connectivity index (χ2v) is 9.18. The number of nitrogens with one attached hydrogen (secondary N) is 1. The summed E-state index contributed by atoms with van der Waals surface area (Å²) in [6, 6.07) is 18.0. The zero-order chi connectivity index (χ0) is 25.7. The van der Waals surface area contributed by atoms with Crippen LogP contribution < -0.4 is 10.4 Å². The van der Waals surface area contributed by atoms with E-state index in [0.717, 1.165) is 32.9 Å². The van der Waals surface area contributed by atoms with Crippen LogP contribution in [0.15, 0.2) is 69.9 Å². The zero-order valence-corrected chi connectivity index (χ0v) is 20.4. The summed E-state index contributed by atoms with van der Waals surface area (Å²) in [6.07, 6.45) is 0.352. The molecule has 8 nitrogen and oxygen atoms in total. The standard InChI is InChI=1S/C29H24N2O6/c1-16-25(12-11-19-17-7-3-4-9-20(17)28(33)37-27(16)19)36-15-26(32)31-14-23-21(13-24(31)29(34)35-2)18-8-5-6-10-22(18)30-23/h3-12,24,30H,13-15H2,1-2H3. The fourth-order valence-electron chi connectivity index (χ4n) is 5.26. The number of ether oxygens (including phenoxy) is 2. The summed E-state index contributed by atoms with van der Waals surface area (Å²) in [6.45, 7) is 1.74. The highest BCUT2D eigenvalue weighted by Gasteiger charge is 2.37. The van der Waals surface area contributed by atoms with Crippen LogP contribution in [-0.4, -0.2) is 41.5 Å². The molecule has 0 bridgehead atoms. The maximum absolute atomic E-state index is 13.3. The van der Waals surface area contributed by atoms with Crippen molar-refractivity contribution in [3.8, 4) is 5.75 Å². The number of aryl methyl sites for hydroxylation is 1. The Bertz CT molecular complexity index is 1770. The van der Waals surface area contributed by atoms with Crippen molar-refractivity contribution in [2.24, 2.45) is 0 Å². The molecular weight excluding hydrogens is 472 g/mol. The molecule has 0 fully saturated rings. The molecule has 0 saturated carbocycles. The number of nitrogens with zero attached hydrogens (tertiary/aromatic N) is 1. The number of carbonyl (C=O) groups excluding carboxylic acids is 2. The second kappa shape index (κ2) is 8.81. The molecule has 6 rings (SSSR count). The van der Waals surface area contributed by atoms with Crippen molar-refractivity contribution in [1.82, 2.24) is 9.88 Å². The number of aromatic nitrogens is 1. The minimum Gasteiger partial charge on any atom is -0.483 e. The lowest BCUT2D eigenvalue weighted by molar-refractivity contribution is -0.154. The Balaban J connectivity index is 1.29. The van der Waals surface area contributed by atoms with Crippen LogP contribution in [0, 0.1) is 6.92 Å². The van der Waals surface area contributed by atoms with E-state index < -0.39 is 17.6 Å². The average molecular weight is 497 g/mol. The van der Waals surface area contributed by atoms with Gasteiger partial charge in [-0.15, -0.1) is 0 Å². The van der Waals surface area contributed by atoms with Crippen LogP contribution >= 0.6 is 0 Å². The summed E-state index contributed by atoms with van der Waals surface area (Å²) in [5.74, 6) is -0.392. The Morgan fingerprint density at radius 2 is 1.73 bits per heavy atom. The molecule has 1 aliphatic heterocycles. The Kier molecular flexibility index (Phi) is 5.44. The fraction of sp³-hybridized carbons (Fsp3) is 0.207. The van der Waals surface area contributed by atoms with Crippen LogP contribution in [-0.2, 0) is 27.3 Å². The van der Waals surface area contributed by atoms with Gasteiger partial charge in [0.2, 0.25) is 0 Å². The molecule has 2 aromatic heterocycles. The van der Waals surface area contributed by atoms with E-state index in [2.05, 4.69) is 4.98 Å². The Morgan fingerprint density at radius 3 is 2.51 bits per heavy atom. The van der Waals surface area contributed by atoms with Gasteiger partial charge in [-0.3, -0.25) is 4.79 Å². The molecule has 0 saturated heterocycles. The molecule has 8 heteroatoms. The molecule has 0 aliphatic carbocycles. The highest BCUT2D eigenvalue weighted by Crippen LogP contribution is 2.32. The van der Waals surface area contributed by atoms with Gasteiger partial charge in [0.05, 0.1) is 19.0 Å². The number of carbonyl (C=O) groups is 2. The van der Waals surface area contributed by atoms with E-state index in [0.29, 0.717) is 28.7 Å². The van der Waals surface area contributed by atoms with Gasteiger partial charge in [-0.25, -0.2) is 9.59 Å². The second-order valence-electron chi connectivity index (χ2n) is 9.18. The van der Waals surface area contributed by atoms with E-state index in [9.17, 15) is 14.4 Å². The molecule has 1 unspecified atom stereocenters. The summed E-state index contributed by atoms with van der Waals surface area (Å²) in [4.78, 5) is 43.4. The number of aromatic amines is 1. The SMILES string of the molecule is COC(=O)C1Cc2c([nH]c3ccccc23)CN1C(=O)COc1ccc2c(oc(=O)c3ccccc32)c1C. The van der Waals surface area contributed by atoms with Gasteiger partial charge in [-0.05, 0) is 42.1 Å². The summed E-state index contributed by atoms with van der Waals surface area (Å²) in [5, 5.41) is 3.13. The van der Waals surface area contributed by atoms with E-state index in [-0.39, 0.29) is 19.1 Å². The molecule has 0 spiro atoms. The lowest BCUT2D eigenvalue weighted by atomic mass is 9.96. The van der Waals surface area contributed by atoms with Crippen LogP contribution in [0.3, 0.4) is 0 Å². The number of H-pyrrole nitrogens is 1. The van der Waals surface area contributed by atoms with Gasteiger partial charge < -0.3 is 23.8 Å². The topological polar surface area (TPSA) is 102 Å². The van der Waals surface area contributed by atoms with Crippen molar-refractivity contribution in [2.75, 3.05) is 13.7 Å². The van der Waals surface area contributed by atoms with Crippen LogP contribution in [0.5, 0.6) is 5.75 Å². The quantitative estimate of drug-likeness (QED) is 0.227. The molecule has 1 amide bonds. The number of rotatable bonds is 4. The maximum atomic E-state index is 13.3. The molecule has 0 radical (unpaired) electrons. The summed E-state index contributed by atoms with van der Waals surface area (Å²) in [7, 11) is 1.32. The minimum absolute atomic E-state index is 0.240. The van der Waals surface area contributed by atoms with Crippen molar-refractivity contribution in [2.45, 2.75) is 25.9 Å². The van der Waals surface area contributed by atoms with E-state index in [1.807, 2.05) is 42.5 Å². The van der Waals surface area contributed by atoms with Gasteiger partial charge in [0.25, 0.3) is 5.91 Å². The van der Waals surface area contributed by atoms with Crippen LogP contribution in [0.25, 0.3) is 32.6 Å². The van der Waals surface area contributed by atoms with Crippen LogP contribution in [0.1, 0.15) is 16.8 Å². The third-order valence-corrected chi connectivity index (χ3v) is 7.14. The van der Waals surface area contributed by atoms with Crippen molar-refractivity contribution < 1.29 is 23.5 Å². The zero-order valence-electron chi connectivity index (χ0n) is 20.4. The van der Waals surface area contributed by atoms with Crippen molar-refractivity contribution in [1.29, 1.82) is 0 Å². The number of benzene rings is 3. The van der Waals surface area contributed by atoms with Crippen LogP contribution in [0.2, 0.25) is 0 Å². The summed E-state index contributed by atoms with van der Waals surface area (Å²) < 4.78 is 16.5. The lowest BCUT2D eigenvalue weighted by Gasteiger charge is -2.33. The molecule has 3 heterocycles. The summed E-state index contributed by atoms with van der Waals surface area (Å²) >= 11 is 0. The molecule has 186 valence electrons. The Labute approximate surface area is 211 Å². The Hall–Kier alpha value is -4.59. The van der Waals surface area contributed by atoms with Gasteiger partial charge in [0.1, 0.15) is 17.4 Å². The molecule has 5 aromatic rings. The number of hydrogen-bond donors (Lipinski definition) is 1. The first kappa shape index (κ1) is 22.8. The van der Waals surface area contributed by atoms with E-state index in [1.165, 1.54) is 12.0 Å². The van der Waals surface area contributed by atoms with Gasteiger partial charge in [0, 0.05) is 34.0 Å². The third kappa shape index (κ3) is 3.72. The predicted octanol–water partition coefficient (Wildman–Crippen LogP) is 4.24. The number of para-hydroxylation sites is 1. The van der Waals surface area contributed by atoms with Gasteiger partial charge in [-0.1, -0.05) is 36.4 Å². The van der Waals surface area contributed by atoms with E-state index >= 15 is 0 Å². The lowest BCUT2D eigenvalue weighted by Crippen LogP contribution is -2.50. The molecular formula is C29H24N2O6. The minimum atomic E-state index is -0.755. The van der Waals surface area contributed by atoms with Gasteiger partial charge >= 0.3 is 11.6 Å². The number of esters is 1. The number of hydrogen-bond acceptors (Lipinski definition) is 6. The maximum Gasteiger partial charge on any atom is 0.344 e. The van der Waals surface area contributed by atoms with Crippen LogP contribution in [0.4, 0.5) is 0 Å². The first-order chi connectivity index (χ1) is 18.0. The molecule has 1 aliphatic rings. The van der Waals surface area contributed by atoms with Gasteiger partial charge in [0.15, 0.2) is 6.61 Å². The van der Waals surface area contributed by atoms with E-state index in [1.54, 1.807) is 25.1 Å². The third-order valence-electron chi connectivity index (χ3n) is 7.14.